The molecular formula is C11H8BrNOS. The third-order valence-corrected chi connectivity index (χ3v) is 3.35. The van der Waals surface area contributed by atoms with Crippen LogP contribution in [0.1, 0.15) is 20.8 Å². The predicted octanol–water partition coefficient (Wildman–Crippen LogP) is 3.45. The number of pyridine rings is 1. The van der Waals surface area contributed by atoms with E-state index in [2.05, 4.69) is 20.9 Å². The van der Waals surface area contributed by atoms with Gasteiger partial charge in [0.25, 0.3) is 0 Å². The Hall–Kier alpha value is -1.00. The smallest absolute Gasteiger partial charge is 0.195 e. The SMILES string of the molecule is Cc1sccc1C(=O)c1cncc(Br)c1. The summed E-state index contributed by atoms with van der Waals surface area (Å²) in [5.41, 5.74) is 1.38. The van der Waals surface area contributed by atoms with Gasteiger partial charge in [0, 0.05) is 32.9 Å². The standard InChI is InChI=1S/C11H8BrNOS/c1-7-10(2-3-15-7)11(14)8-4-9(12)6-13-5-8/h2-6H,1H3. The van der Waals surface area contributed by atoms with Gasteiger partial charge in [0.1, 0.15) is 0 Å². The van der Waals surface area contributed by atoms with E-state index in [-0.39, 0.29) is 5.78 Å². The molecule has 0 fully saturated rings. The van der Waals surface area contributed by atoms with E-state index >= 15 is 0 Å². The van der Waals surface area contributed by atoms with Crippen LogP contribution in [0.4, 0.5) is 0 Å². The van der Waals surface area contributed by atoms with E-state index in [1.807, 2.05) is 18.4 Å². The van der Waals surface area contributed by atoms with Gasteiger partial charge in [-0.25, -0.2) is 0 Å². The molecule has 2 nitrogen and oxygen atoms in total. The number of carbonyl (C=O) groups excluding carboxylic acids is 1. The van der Waals surface area contributed by atoms with Crippen LogP contribution in [0, 0.1) is 6.92 Å². The number of ketones is 1. The topological polar surface area (TPSA) is 30.0 Å². The molecule has 0 saturated heterocycles. The van der Waals surface area contributed by atoms with Crippen molar-refractivity contribution in [1.82, 2.24) is 4.98 Å². The molecule has 0 radical (unpaired) electrons. The fourth-order valence-corrected chi connectivity index (χ4v) is 2.37. The van der Waals surface area contributed by atoms with Crippen molar-refractivity contribution in [1.29, 1.82) is 0 Å². The molecule has 2 rings (SSSR count). The number of hydrogen-bond donors (Lipinski definition) is 0. The van der Waals surface area contributed by atoms with Gasteiger partial charge in [-0.2, -0.15) is 0 Å². The van der Waals surface area contributed by atoms with Gasteiger partial charge in [-0.05, 0) is 40.4 Å². The lowest BCUT2D eigenvalue weighted by Gasteiger charge is -1.99. The van der Waals surface area contributed by atoms with E-state index in [1.165, 1.54) is 0 Å². The highest BCUT2D eigenvalue weighted by Crippen LogP contribution is 2.20. The second-order valence-electron chi connectivity index (χ2n) is 3.11. The molecule has 0 atom stereocenters. The van der Waals surface area contributed by atoms with Gasteiger partial charge in [-0.15, -0.1) is 11.3 Å². The zero-order valence-corrected chi connectivity index (χ0v) is 10.4. The molecule has 76 valence electrons. The molecule has 0 aromatic carbocycles. The first-order valence-corrected chi connectivity index (χ1v) is 6.05. The first-order chi connectivity index (χ1) is 7.18. The third kappa shape index (κ3) is 2.16. The number of aryl methyl sites for hydroxylation is 1. The molecule has 0 aliphatic rings. The van der Waals surface area contributed by atoms with E-state index in [0.717, 1.165) is 14.9 Å². The van der Waals surface area contributed by atoms with Crippen LogP contribution in [0.25, 0.3) is 0 Å². The third-order valence-electron chi connectivity index (χ3n) is 2.07. The summed E-state index contributed by atoms with van der Waals surface area (Å²) in [6, 6.07) is 3.63. The summed E-state index contributed by atoms with van der Waals surface area (Å²) < 4.78 is 0.821. The van der Waals surface area contributed by atoms with Gasteiger partial charge in [0.05, 0.1) is 0 Å². The van der Waals surface area contributed by atoms with Gasteiger partial charge in [-0.3, -0.25) is 9.78 Å². The van der Waals surface area contributed by atoms with E-state index in [1.54, 1.807) is 29.8 Å². The Bertz CT molecular complexity index is 507. The molecule has 2 heterocycles. The van der Waals surface area contributed by atoms with E-state index in [0.29, 0.717) is 5.56 Å². The highest BCUT2D eigenvalue weighted by atomic mass is 79.9. The van der Waals surface area contributed by atoms with Crippen molar-refractivity contribution in [3.05, 3.63) is 50.4 Å². The van der Waals surface area contributed by atoms with E-state index in [9.17, 15) is 4.79 Å². The molecule has 0 saturated carbocycles. The fourth-order valence-electron chi connectivity index (χ4n) is 1.31. The minimum absolute atomic E-state index is 0.0301. The van der Waals surface area contributed by atoms with Crippen molar-refractivity contribution in [2.75, 3.05) is 0 Å². The summed E-state index contributed by atoms with van der Waals surface area (Å²) in [4.78, 5) is 17.0. The maximum Gasteiger partial charge on any atom is 0.195 e. The zero-order chi connectivity index (χ0) is 10.8. The van der Waals surface area contributed by atoms with Crippen LogP contribution in [0.2, 0.25) is 0 Å². The van der Waals surface area contributed by atoms with Crippen LogP contribution >= 0.6 is 27.3 Å². The minimum Gasteiger partial charge on any atom is -0.289 e. The molecule has 0 aliphatic carbocycles. The summed E-state index contributed by atoms with van der Waals surface area (Å²) in [5.74, 6) is 0.0301. The molecule has 0 bridgehead atoms. The molecule has 2 aromatic heterocycles. The molecule has 4 heteroatoms. The molecule has 0 aliphatic heterocycles. The van der Waals surface area contributed by atoms with Gasteiger partial charge in [-0.1, -0.05) is 0 Å². The lowest BCUT2D eigenvalue weighted by Crippen LogP contribution is -2.01. The number of rotatable bonds is 2. The second kappa shape index (κ2) is 4.24. The zero-order valence-electron chi connectivity index (χ0n) is 8.03. The second-order valence-corrected chi connectivity index (χ2v) is 5.15. The van der Waals surface area contributed by atoms with Crippen molar-refractivity contribution < 1.29 is 4.79 Å². The van der Waals surface area contributed by atoms with E-state index < -0.39 is 0 Å². The first kappa shape index (κ1) is 10.5. The Morgan fingerprint density at radius 2 is 2.27 bits per heavy atom. The molecular weight excluding hydrogens is 274 g/mol. The fraction of sp³-hybridized carbons (Fsp3) is 0.0909. The Balaban J connectivity index is 2.41. The average molecular weight is 282 g/mol. The number of aromatic nitrogens is 1. The summed E-state index contributed by atoms with van der Waals surface area (Å²) >= 11 is 4.88. The van der Waals surface area contributed by atoms with Crippen LogP contribution < -0.4 is 0 Å². The van der Waals surface area contributed by atoms with Gasteiger partial charge in [0.15, 0.2) is 5.78 Å². The summed E-state index contributed by atoms with van der Waals surface area (Å²) in [7, 11) is 0. The highest BCUT2D eigenvalue weighted by molar-refractivity contribution is 9.10. The average Bonchev–Trinajstić information content (AvgIpc) is 2.63. The molecule has 2 aromatic rings. The quantitative estimate of drug-likeness (QED) is 0.790. The van der Waals surface area contributed by atoms with E-state index in [4.69, 9.17) is 0 Å². The van der Waals surface area contributed by atoms with Crippen LogP contribution in [0.5, 0.6) is 0 Å². The van der Waals surface area contributed by atoms with Crippen LogP contribution in [-0.4, -0.2) is 10.8 Å². The predicted molar refractivity (Wildman–Crippen MR) is 64.4 cm³/mol. The Kier molecular flexibility index (Phi) is 2.98. The minimum atomic E-state index is 0.0301. The van der Waals surface area contributed by atoms with Crippen molar-refractivity contribution >= 4 is 33.0 Å². The molecule has 0 amide bonds. The van der Waals surface area contributed by atoms with Crippen LogP contribution in [-0.2, 0) is 0 Å². The molecule has 0 N–H and O–H groups in total. The van der Waals surface area contributed by atoms with Crippen molar-refractivity contribution in [2.45, 2.75) is 6.92 Å². The van der Waals surface area contributed by atoms with Crippen molar-refractivity contribution in [2.24, 2.45) is 0 Å². The van der Waals surface area contributed by atoms with Crippen LogP contribution in [0.15, 0.2) is 34.4 Å². The lowest BCUT2D eigenvalue weighted by molar-refractivity contribution is 0.103. The maximum atomic E-state index is 12.0. The van der Waals surface area contributed by atoms with Crippen molar-refractivity contribution in [3.63, 3.8) is 0 Å². The maximum absolute atomic E-state index is 12.0. The molecule has 0 spiro atoms. The monoisotopic (exact) mass is 281 g/mol. The largest absolute Gasteiger partial charge is 0.289 e. The number of thiophene rings is 1. The summed E-state index contributed by atoms with van der Waals surface area (Å²) in [5, 5.41) is 1.92. The first-order valence-electron chi connectivity index (χ1n) is 4.38. The number of hydrogen-bond acceptors (Lipinski definition) is 3. The van der Waals surface area contributed by atoms with Gasteiger partial charge >= 0.3 is 0 Å². The Morgan fingerprint density at radius 1 is 1.47 bits per heavy atom. The lowest BCUT2D eigenvalue weighted by atomic mass is 10.1. The highest BCUT2D eigenvalue weighted by Gasteiger charge is 2.12. The number of halogens is 1. The molecule has 0 unspecified atom stereocenters. The summed E-state index contributed by atoms with van der Waals surface area (Å²) in [6.45, 7) is 1.95. The van der Waals surface area contributed by atoms with Crippen molar-refractivity contribution in [3.8, 4) is 0 Å². The van der Waals surface area contributed by atoms with Crippen LogP contribution in [0.3, 0.4) is 0 Å². The normalized spacial score (nSPS) is 10.3. The summed E-state index contributed by atoms with van der Waals surface area (Å²) in [6.07, 6.45) is 3.25. The number of nitrogens with zero attached hydrogens (tertiary/aromatic N) is 1. The van der Waals surface area contributed by atoms with Gasteiger partial charge in [0.2, 0.25) is 0 Å². The Labute approximate surface area is 100 Å². The van der Waals surface area contributed by atoms with Gasteiger partial charge < -0.3 is 0 Å². The molecule has 15 heavy (non-hydrogen) atoms. The Morgan fingerprint density at radius 3 is 2.87 bits per heavy atom. The number of carbonyl (C=O) groups is 1.